The highest BCUT2D eigenvalue weighted by molar-refractivity contribution is 7.99. The number of para-hydroxylation sites is 1. The lowest BCUT2D eigenvalue weighted by Gasteiger charge is -2.18. The van der Waals surface area contributed by atoms with Gasteiger partial charge in [-0.3, -0.25) is 25.0 Å². The molecular formula is C27H18N2O7S. The zero-order valence-electron chi connectivity index (χ0n) is 19.1. The first-order valence-corrected chi connectivity index (χ1v) is 11.7. The summed E-state index contributed by atoms with van der Waals surface area (Å²) in [5, 5.41) is 22.5. The maximum absolute atomic E-state index is 13.3. The third-order valence-electron chi connectivity index (χ3n) is 5.32. The van der Waals surface area contributed by atoms with E-state index in [4.69, 9.17) is 4.74 Å². The molecule has 9 nitrogen and oxygen atoms in total. The van der Waals surface area contributed by atoms with Crippen LogP contribution in [0.5, 0.6) is 0 Å². The van der Waals surface area contributed by atoms with E-state index in [1.807, 2.05) is 0 Å². The van der Waals surface area contributed by atoms with Gasteiger partial charge in [-0.25, -0.2) is 4.79 Å². The second-order valence-electron chi connectivity index (χ2n) is 7.69. The average Bonchev–Trinajstić information content (AvgIpc) is 2.92. The number of benzene rings is 4. The highest BCUT2D eigenvalue weighted by Crippen LogP contribution is 2.37. The van der Waals surface area contributed by atoms with E-state index in [0.717, 1.165) is 11.8 Å². The van der Waals surface area contributed by atoms with Crippen LogP contribution in [0.4, 0.5) is 11.4 Å². The van der Waals surface area contributed by atoms with Crippen LogP contribution >= 0.6 is 11.8 Å². The monoisotopic (exact) mass is 514 g/mol. The van der Waals surface area contributed by atoms with Crippen LogP contribution < -0.4 is 0 Å². The van der Waals surface area contributed by atoms with Gasteiger partial charge in [-0.2, -0.15) is 0 Å². The number of hydrogen-bond acceptors (Lipinski definition) is 8. The predicted molar refractivity (Wildman–Crippen MR) is 136 cm³/mol. The molecule has 0 aliphatic carbocycles. The first-order chi connectivity index (χ1) is 17.8. The molecule has 0 heterocycles. The molecule has 0 spiro atoms. The van der Waals surface area contributed by atoms with Crippen LogP contribution in [0, 0.1) is 20.2 Å². The van der Waals surface area contributed by atoms with Gasteiger partial charge >= 0.3 is 5.97 Å². The van der Waals surface area contributed by atoms with Crippen molar-refractivity contribution in [2.75, 3.05) is 0 Å². The quantitative estimate of drug-likeness (QED) is 0.108. The molecule has 0 saturated heterocycles. The van der Waals surface area contributed by atoms with Crippen LogP contribution in [0.2, 0.25) is 0 Å². The van der Waals surface area contributed by atoms with Crippen LogP contribution in [-0.2, 0) is 4.74 Å². The van der Waals surface area contributed by atoms with Crippen molar-refractivity contribution in [3.8, 4) is 0 Å². The molecule has 4 rings (SSSR count). The highest BCUT2D eigenvalue weighted by Gasteiger charge is 2.28. The van der Waals surface area contributed by atoms with Crippen LogP contribution in [-0.4, -0.2) is 21.6 Å². The van der Waals surface area contributed by atoms with E-state index in [1.54, 1.807) is 66.7 Å². The van der Waals surface area contributed by atoms with E-state index in [2.05, 4.69) is 0 Å². The van der Waals surface area contributed by atoms with Crippen LogP contribution in [0.1, 0.15) is 32.4 Å². The Bertz CT molecular complexity index is 1470. The molecule has 0 bridgehead atoms. The second kappa shape index (κ2) is 11.3. The standard InChI is InChI=1S/C27H18N2O7S/c30-25(18-8-2-1-3-9-18)26(19-14-16-20(17-15-19)28(32)33)36-27(31)21-10-4-6-12-23(21)37-24-13-7-5-11-22(24)29(34)35/h1-17,26H/t26-/m0/s1. The summed E-state index contributed by atoms with van der Waals surface area (Å²) in [6, 6.07) is 26.0. The minimum Gasteiger partial charge on any atom is -0.445 e. The largest absolute Gasteiger partial charge is 0.445 e. The van der Waals surface area contributed by atoms with Gasteiger partial charge in [0.2, 0.25) is 5.78 Å². The Hall–Kier alpha value is -4.83. The molecule has 0 fully saturated rings. The molecule has 37 heavy (non-hydrogen) atoms. The maximum atomic E-state index is 13.3. The number of nitro groups is 2. The molecule has 0 amide bonds. The molecule has 0 aromatic heterocycles. The van der Waals surface area contributed by atoms with Gasteiger partial charge < -0.3 is 4.74 Å². The molecular weight excluding hydrogens is 496 g/mol. The van der Waals surface area contributed by atoms with Crippen molar-refractivity contribution in [3.05, 3.63) is 140 Å². The van der Waals surface area contributed by atoms with E-state index in [0.29, 0.717) is 15.4 Å². The van der Waals surface area contributed by atoms with Gasteiger partial charge in [-0.15, -0.1) is 0 Å². The number of Topliss-reactive ketones (excluding diaryl/α,β-unsaturated/α-hetero) is 1. The predicted octanol–water partition coefficient (Wildman–Crippen LogP) is 6.44. The van der Waals surface area contributed by atoms with Crippen molar-refractivity contribution in [2.24, 2.45) is 0 Å². The number of nitro benzene ring substituents is 2. The normalized spacial score (nSPS) is 11.4. The molecule has 1 atom stereocenters. The Kier molecular flexibility index (Phi) is 7.70. The van der Waals surface area contributed by atoms with Gasteiger partial charge in [0.25, 0.3) is 11.4 Å². The number of carbonyl (C=O) groups is 2. The van der Waals surface area contributed by atoms with Gasteiger partial charge in [-0.1, -0.05) is 66.4 Å². The van der Waals surface area contributed by atoms with Crippen molar-refractivity contribution in [2.45, 2.75) is 15.9 Å². The number of hydrogen-bond donors (Lipinski definition) is 0. The van der Waals surface area contributed by atoms with Gasteiger partial charge in [0.15, 0.2) is 6.10 Å². The van der Waals surface area contributed by atoms with E-state index in [1.165, 1.54) is 36.4 Å². The van der Waals surface area contributed by atoms with E-state index < -0.39 is 27.7 Å². The Morgan fingerprint density at radius 1 is 0.703 bits per heavy atom. The zero-order chi connectivity index (χ0) is 26.4. The summed E-state index contributed by atoms with van der Waals surface area (Å²) < 4.78 is 5.69. The Morgan fingerprint density at radius 3 is 1.95 bits per heavy atom. The molecule has 4 aromatic carbocycles. The Labute approximate surface area is 215 Å². The summed E-state index contributed by atoms with van der Waals surface area (Å²) in [6.07, 6.45) is -1.38. The molecule has 184 valence electrons. The Morgan fingerprint density at radius 2 is 1.30 bits per heavy atom. The number of esters is 1. The van der Waals surface area contributed by atoms with Crippen LogP contribution in [0.25, 0.3) is 0 Å². The summed E-state index contributed by atoms with van der Waals surface area (Å²) in [7, 11) is 0. The molecule has 0 radical (unpaired) electrons. The van der Waals surface area contributed by atoms with Crippen molar-refractivity contribution in [3.63, 3.8) is 0 Å². The fourth-order valence-corrected chi connectivity index (χ4v) is 4.54. The SMILES string of the molecule is O=C(O[C@H](C(=O)c1ccccc1)c1ccc([N+](=O)[O-])cc1)c1ccccc1Sc1ccccc1[N+](=O)[O-]. The minimum absolute atomic E-state index is 0.110. The molecule has 10 heteroatoms. The van der Waals surface area contributed by atoms with Gasteiger partial charge in [0.1, 0.15) is 0 Å². The number of ketones is 1. The second-order valence-corrected chi connectivity index (χ2v) is 8.77. The van der Waals surface area contributed by atoms with Gasteiger partial charge in [0.05, 0.1) is 20.3 Å². The van der Waals surface area contributed by atoms with Crippen LogP contribution in [0.15, 0.2) is 113 Å². The highest BCUT2D eigenvalue weighted by atomic mass is 32.2. The average molecular weight is 515 g/mol. The number of ether oxygens (including phenoxy) is 1. The minimum atomic E-state index is -1.38. The van der Waals surface area contributed by atoms with Gasteiger partial charge in [-0.05, 0) is 30.3 Å². The molecule has 0 unspecified atom stereocenters. The lowest BCUT2D eigenvalue weighted by atomic mass is 9.99. The summed E-state index contributed by atoms with van der Waals surface area (Å²) >= 11 is 1.03. The lowest BCUT2D eigenvalue weighted by Crippen LogP contribution is -2.20. The number of carbonyl (C=O) groups excluding carboxylic acids is 2. The van der Waals surface area contributed by atoms with Crippen molar-refractivity contribution in [1.29, 1.82) is 0 Å². The summed E-state index contributed by atoms with van der Waals surface area (Å²) in [5.41, 5.74) is 0.377. The first kappa shape index (κ1) is 25.3. The van der Waals surface area contributed by atoms with E-state index in [9.17, 15) is 29.8 Å². The molecule has 0 N–H and O–H groups in total. The van der Waals surface area contributed by atoms with Gasteiger partial charge in [0, 0.05) is 34.2 Å². The topological polar surface area (TPSA) is 130 Å². The summed E-state index contributed by atoms with van der Waals surface area (Å²) in [6.45, 7) is 0. The van der Waals surface area contributed by atoms with Crippen LogP contribution in [0.3, 0.4) is 0 Å². The molecule has 0 saturated carbocycles. The van der Waals surface area contributed by atoms with E-state index >= 15 is 0 Å². The maximum Gasteiger partial charge on any atom is 0.340 e. The zero-order valence-corrected chi connectivity index (χ0v) is 19.9. The number of nitrogens with zero attached hydrogens (tertiary/aromatic N) is 2. The van der Waals surface area contributed by atoms with E-state index in [-0.39, 0.29) is 22.5 Å². The smallest absolute Gasteiger partial charge is 0.340 e. The third kappa shape index (κ3) is 5.88. The fraction of sp³-hybridized carbons (Fsp3) is 0.0370. The lowest BCUT2D eigenvalue weighted by molar-refractivity contribution is -0.387. The van der Waals surface area contributed by atoms with Crippen molar-refractivity contribution >= 4 is 34.9 Å². The number of non-ortho nitro benzene ring substituents is 1. The number of rotatable bonds is 9. The molecule has 4 aromatic rings. The molecule has 0 aliphatic heterocycles. The summed E-state index contributed by atoms with van der Waals surface area (Å²) in [4.78, 5) is 48.8. The third-order valence-corrected chi connectivity index (χ3v) is 6.46. The van der Waals surface area contributed by atoms with Crippen molar-refractivity contribution < 1.29 is 24.2 Å². The first-order valence-electron chi connectivity index (χ1n) is 10.9. The van der Waals surface area contributed by atoms with Crippen molar-refractivity contribution in [1.82, 2.24) is 0 Å². The molecule has 0 aliphatic rings. The summed E-state index contributed by atoms with van der Waals surface area (Å²) in [5.74, 6) is -1.33. The Balaban J connectivity index is 1.68. The fourth-order valence-electron chi connectivity index (χ4n) is 3.51.